The third-order valence-corrected chi connectivity index (χ3v) is 4.75. The van der Waals surface area contributed by atoms with Crippen molar-refractivity contribution in [3.8, 4) is 5.69 Å². The summed E-state index contributed by atoms with van der Waals surface area (Å²) in [5.41, 5.74) is 9.63. The van der Waals surface area contributed by atoms with Crippen LogP contribution in [0.1, 0.15) is 38.4 Å². The molecule has 0 aliphatic rings. The number of hydrogen-bond acceptors (Lipinski definition) is 2. The summed E-state index contributed by atoms with van der Waals surface area (Å²) in [5.74, 6) is -0.333. The van der Waals surface area contributed by atoms with Crippen LogP contribution in [0.3, 0.4) is 0 Å². The minimum Gasteiger partial charge on any atom is -0.318 e. The molecule has 0 spiro atoms. The van der Waals surface area contributed by atoms with E-state index in [0.29, 0.717) is 10.6 Å². The highest BCUT2D eigenvalue weighted by Crippen LogP contribution is 2.22. The molecule has 0 radical (unpaired) electrons. The number of aryl methyl sites for hydroxylation is 3. The van der Waals surface area contributed by atoms with Crippen molar-refractivity contribution in [2.45, 2.75) is 27.7 Å². The molecular formula is C22H22ClN3O. The van der Waals surface area contributed by atoms with Crippen LogP contribution in [0.4, 0.5) is 0 Å². The van der Waals surface area contributed by atoms with Crippen molar-refractivity contribution in [1.82, 2.24) is 9.99 Å². The van der Waals surface area contributed by atoms with Gasteiger partial charge in [-0.1, -0.05) is 29.8 Å². The van der Waals surface area contributed by atoms with Crippen LogP contribution >= 0.6 is 11.6 Å². The third-order valence-electron chi connectivity index (χ3n) is 4.42. The maximum absolute atomic E-state index is 12.2. The summed E-state index contributed by atoms with van der Waals surface area (Å²) >= 11 is 6.04. The fourth-order valence-corrected chi connectivity index (χ4v) is 3.48. The highest BCUT2D eigenvalue weighted by molar-refractivity contribution is 6.33. The van der Waals surface area contributed by atoms with Crippen molar-refractivity contribution < 1.29 is 4.79 Å². The minimum atomic E-state index is -0.333. The molecule has 0 atom stereocenters. The molecule has 3 aromatic rings. The molecule has 3 rings (SSSR count). The number of halogens is 1. The van der Waals surface area contributed by atoms with Crippen LogP contribution in [-0.4, -0.2) is 16.7 Å². The molecule has 4 nitrogen and oxygen atoms in total. The van der Waals surface area contributed by atoms with Gasteiger partial charge < -0.3 is 4.57 Å². The highest BCUT2D eigenvalue weighted by atomic mass is 35.5. The lowest BCUT2D eigenvalue weighted by Crippen LogP contribution is -2.18. The Kier molecular flexibility index (Phi) is 5.47. The number of nitrogens with one attached hydrogen (secondary N) is 1. The van der Waals surface area contributed by atoms with Crippen molar-refractivity contribution >= 4 is 23.7 Å². The van der Waals surface area contributed by atoms with Gasteiger partial charge in [0.25, 0.3) is 5.91 Å². The predicted octanol–water partition coefficient (Wildman–Crippen LogP) is 5.13. The van der Waals surface area contributed by atoms with Gasteiger partial charge in [-0.05, 0) is 69.2 Å². The quantitative estimate of drug-likeness (QED) is 0.495. The largest absolute Gasteiger partial charge is 0.318 e. The standard InChI is InChI=1S/C22H22ClN3O/c1-14-9-15(2)11-19(10-14)26-16(3)12-18(17(26)4)13-24-25-22(27)20-7-5-6-8-21(20)23/h5-13H,1-4H3,(H,25,27)/b24-13+. The molecule has 1 aromatic heterocycles. The van der Waals surface area contributed by atoms with Gasteiger partial charge in [-0.15, -0.1) is 0 Å². The van der Waals surface area contributed by atoms with Crippen LogP contribution in [0, 0.1) is 27.7 Å². The zero-order valence-corrected chi connectivity index (χ0v) is 16.6. The van der Waals surface area contributed by atoms with Gasteiger partial charge in [-0.25, -0.2) is 5.43 Å². The average molecular weight is 380 g/mol. The lowest BCUT2D eigenvalue weighted by molar-refractivity contribution is 0.0955. The molecule has 0 fully saturated rings. The van der Waals surface area contributed by atoms with E-state index in [0.717, 1.165) is 22.6 Å². The van der Waals surface area contributed by atoms with Crippen LogP contribution in [0.5, 0.6) is 0 Å². The molecule has 0 saturated heterocycles. The Labute approximate surface area is 164 Å². The summed E-state index contributed by atoms with van der Waals surface area (Å²) in [6.45, 7) is 8.29. The molecule has 0 aliphatic carbocycles. The maximum Gasteiger partial charge on any atom is 0.272 e. The maximum atomic E-state index is 12.2. The zero-order valence-electron chi connectivity index (χ0n) is 15.9. The Hall–Kier alpha value is -2.85. The molecule has 2 aromatic carbocycles. The van der Waals surface area contributed by atoms with Crippen molar-refractivity contribution in [3.05, 3.63) is 87.2 Å². The number of nitrogens with zero attached hydrogens (tertiary/aromatic N) is 2. The van der Waals surface area contributed by atoms with Crippen molar-refractivity contribution in [3.63, 3.8) is 0 Å². The van der Waals surface area contributed by atoms with Gasteiger partial charge in [0.05, 0.1) is 16.8 Å². The second-order valence-electron chi connectivity index (χ2n) is 6.69. The first-order valence-corrected chi connectivity index (χ1v) is 9.10. The number of hydrazone groups is 1. The summed E-state index contributed by atoms with van der Waals surface area (Å²) in [7, 11) is 0. The van der Waals surface area contributed by atoms with E-state index in [9.17, 15) is 4.79 Å². The molecule has 5 heteroatoms. The van der Waals surface area contributed by atoms with E-state index < -0.39 is 0 Å². The number of carbonyl (C=O) groups is 1. The van der Waals surface area contributed by atoms with Gasteiger partial charge >= 0.3 is 0 Å². The molecule has 1 heterocycles. The summed E-state index contributed by atoms with van der Waals surface area (Å²) in [4.78, 5) is 12.2. The van der Waals surface area contributed by atoms with Crippen LogP contribution in [0.25, 0.3) is 5.69 Å². The molecule has 27 heavy (non-hydrogen) atoms. The van der Waals surface area contributed by atoms with Crippen molar-refractivity contribution in [2.24, 2.45) is 5.10 Å². The lowest BCUT2D eigenvalue weighted by Gasteiger charge is -2.11. The summed E-state index contributed by atoms with van der Waals surface area (Å²) in [5, 5.41) is 4.51. The number of benzene rings is 2. The van der Waals surface area contributed by atoms with Crippen LogP contribution in [0.2, 0.25) is 5.02 Å². The average Bonchev–Trinajstić information content (AvgIpc) is 2.88. The summed E-state index contributed by atoms with van der Waals surface area (Å²) in [6, 6.07) is 15.4. The predicted molar refractivity (Wildman–Crippen MR) is 111 cm³/mol. The number of aromatic nitrogens is 1. The van der Waals surface area contributed by atoms with Crippen molar-refractivity contribution in [1.29, 1.82) is 0 Å². The van der Waals surface area contributed by atoms with Crippen molar-refractivity contribution in [2.75, 3.05) is 0 Å². The van der Waals surface area contributed by atoms with Gasteiger partial charge in [0.2, 0.25) is 0 Å². The van der Waals surface area contributed by atoms with Gasteiger partial charge in [0.1, 0.15) is 0 Å². The first-order valence-electron chi connectivity index (χ1n) is 8.72. The number of rotatable bonds is 4. The first-order chi connectivity index (χ1) is 12.9. The number of hydrogen-bond donors (Lipinski definition) is 1. The molecule has 0 aliphatic heterocycles. The Morgan fingerprint density at radius 3 is 2.37 bits per heavy atom. The summed E-state index contributed by atoms with van der Waals surface area (Å²) < 4.78 is 2.19. The van der Waals surface area contributed by atoms with Gasteiger partial charge in [0.15, 0.2) is 0 Å². The van der Waals surface area contributed by atoms with E-state index >= 15 is 0 Å². The number of carbonyl (C=O) groups excluding carboxylic acids is 1. The van der Waals surface area contributed by atoms with Gasteiger partial charge in [-0.2, -0.15) is 5.10 Å². The SMILES string of the molecule is Cc1cc(C)cc(-n2c(C)cc(/C=N/NC(=O)c3ccccc3Cl)c2C)c1. The second kappa shape index (κ2) is 7.80. The van der Waals surface area contributed by atoms with Gasteiger partial charge in [0, 0.05) is 22.6 Å². The summed E-state index contributed by atoms with van der Waals surface area (Å²) in [6.07, 6.45) is 1.66. The second-order valence-corrected chi connectivity index (χ2v) is 7.09. The van der Waals surface area contributed by atoms with E-state index in [4.69, 9.17) is 11.6 Å². The zero-order chi connectivity index (χ0) is 19.6. The fourth-order valence-electron chi connectivity index (χ4n) is 3.26. The minimum absolute atomic E-state index is 0.333. The van der Waals surface area contributed by atoms with Crippen LogP contribution in [0.15, 0.2) is 53.6 Å². The normalized spacial score (nSPS) is 11.1. The fraction of sp³-hybridized carbons (Fsp3) is 0.182. The third kappa shape index (κ3) is 4.12. The van der Waals surface area contributed by atoms with Crippen LogP contribution < -0.4 is 5.43 Å². The smallest absolute Gasteiger partial charge is 0.272 e. The number of amides is 1. The van der Waals surface area contributed by atoms with E-state index in [-0.39, 0.29) is 5.91 Å². The molecule has 0 saturated carbocycles. The lowest BCUT2D eigenvalue weighted by atomic mass is 10.1. The monoisotopic (exact) mass is 379 g/mol. The van der Waals surface area contributed by atoms with E-state index in [2.05, 4.69) is 60.1 Å². The highest BCUT2D eigenvalue weighted by Gasteiger charge is 2.11. The van der Waals surface area contributed by atoms with E-state index in [1.807, 2.05) is 6.92 Å². The molecule has 1 amide bonds. The van der Waals surface area contributed by atoms with Gasteiger partial charge in [-0.3, -0.25) is 4.79 Å². The first kappa shape index (κ1) is 18.9. The Bertz CT molecular complexity index is 1010. The Morgan fingerprint density at radius 1 is 1.04 bits per heavy atom. The molecular weight excluding hydrogens is 358 g/mol. The molecule has 138 valence electrons. The molecule has 0 bridgehead atoms. The molecule has 1 N–H and O–H groups in total. The Morgan fingerprint density at radius 2 is 1.70 bits per heavy atom. The van der Waals surface area contributed by atoms with Crippen LogP contribution in [-0.2, 0) is 0 Å². The Balaban J connectivity index is 1.83. The topological polar surface area (TPSA) is 46.4 Å². The van der Waals surface area contributed by atoms with E-state index in [1.165, 1.54) is 11.1 Å². The molecule has 0 unspecified atom stereocenters. The van der Waals surface area contributed by atoms with E-state index in [1.54, 1.807) is 30.5 Å².